The van der Waals surface area contributed by atoms with Crippen LogP contribution >= 0.6 is 0 Å². The number of H-pyrrole nitrogens is 1. The van der Waals surface area contributed by atoms with Crippen LogP contribution in [-0.2, 0) is 27.3 Å². The zero-order chi connectivity index (χ0) is 19.6. The zero-order valence-corrected chi connectivity index (χ0v) is 16.0. The molecule has 3 atom stereocenters. The first-order valence-electron chi connectivity index (χ1n) is 10.1. The lowest BCUT2D eigenvalue weighted by Gasteiger charge is -2.33. The van der Waals surface area contributed by atoms with Crippen LogP contribution in [0.1, 0.15) is 46.2 Å². The van der Waals surface area contributed by atoms with Crippen LogP contribution in [0.4, 0.5) is 0 Å². The number of nitrogens with one attached hydrogen (secondary N) is 1. The molecular formula is C21H22N4O4. The second-order valence-corrected chi connectivity index (χ2v) is 8.15. The molecule has 3 saturated heterocycles. The molecule has 0 bridgehead atoms. The molecule has 8 heteroatoms. The lowest BCUT2D eigenvalue weighted by atomic mass is 10.0. The Hall–Kier alpha value is -2.71. The smallest absolute Gasteiger partial charge is 0.275 e. The maximum atomic E-state index is 13.4. The third-order valence-corrected chi connectivity index (χ3v) is 6.80. The minimum atomic E-state index is -0.722. The van der Waals surface area contributed by atoms with Gasteiger partial charge in [0.05, 0.1) is 38.3 Å². The Kier molecular flexibility index (Phi) is 3.64. The van der Waals surface area contributed by atoms with Gasteiger partial charge in [0, 0.05) is 30.6 Å². The van der Waals surface area contributed by atoms with Crippen molar-refractivity contribution in [1.82, 2.24) is 20.0 Å². The monoisotopic (exact) mass is 394 g/mol. The van der Waals surface area contributed by atoms with Crippen molar-refractivity contribution in [1.29, 1.82) is 0 Å². The van der Waals surface area contributed by atoms with Gasteiger partial charge in [-0.3, -0.25) is 14.7 Å². The predicted octanol–water partition coefficient (Wildman–Crippen LogP) is 1.40. The Morgan fingerprint density at radius 3 is 3.00 bits per heavy atom. The molecular weight excluding hydrogens is 372 g/mol. The Morgan fingerprint density at radius 2 is 2.14 bits per heavy atom. The summed E-state index contributed by atoms with van der Waals surface area (Å²) in [6.45, 7) is 2.04. The maximum Gasteiger partial charge on any atom is 0.275 e. The molecule has 1 aromatic heterocycles. The number of rotatable bonds is 2. The number of aromatic amines is 1. The average Bonchev–Trinajstić information content (AvgIpc) is 3.48. The standard InChI is InChI=1S/C21H22N4O4/c26-18-10-17-21(25(18)16(12-29-21)13-4-2-1-3-5-13)7-8-24(17)20(27)19-14-11-28-9-6-15(14)22-23-19/h1-5,16-17H,6-12H2,(H,22,23)/t16-,17+,21-/m0/s1. The number of likely N-dealkylation sites (tertiary alicyclic amines) is 1. The number of fused-ring (bicyclic) bond motifs is 1. The van der Waals surface area contributed by atoms with Crippen LogP contribution in [0.15, 0.2) is 30.3 Å². The average molecular weight is 394 g/mol. The van der Waals surface area contributed by atoms with Crippen LogP contribution in [0.5, 0.6) is 0 Å². The molecule has 2 aromatic rings. The molecule has 0 radical (unpaired) electrons. The van der Waals surface area contributed by atoms with E-state index in [1.807, 2.05) is 35.2 Å². The van der Waals surface area contributed by atoms with Crippen LogP contribution in [0.2, 0.25) is 0 Å². The number of carbonyl (C=O) groups is 2. The Bertz CT molecular complexity index is 990. The number of benzene rings is 1. The van der Waals surface area contributed by atoms with Crippen molar-refractivity contribution >= 4 is 11.8 Å². The fraction of sp³-hybridized carbons (Fsp3) is 0.476. The minimum absolute atomic E-state index is 0.0474. The molecule has 4 aliphatic heterocycles. The van der Waals surface area contributed by atoms with E-state index >= 15 is 0 Å². The zero-order valence-electron chi connectivity index (χ0n) is 16.0. The van der Waals surface area contributed by atoms with Crippen molar-refractivity contribution in [2.75, 3.05) is 19.8 Å². The quantitative estimate of drug-likeness (QED) is 0.832. The molecule has 1 N–H and O–H groups in total. The van der Waals surface area contributed by atoms with E-state index in [-0.39, 0.29) is 30.3 Å². The summed E-state index contributed by atoms with van der Waals surface area (Å²) in [6, 6.07) is 9.59. The van der Waals surface area contributed by atoms with Crippen LogP contribution in [0, 0.1) is 0 Å². The Morgan fingerprint density at radius 1 is 1.28 bits per heavy atom. The molecule has 4 aliphatic rings. The number of hydrogen-bond acceptors (Lipinski definition) is 5. The van der Waals surface area contributed by atoms with Crippen molar-refractivity contribution in [3.8, 4) is 0 Å². The SMILES string of the molecule is O=C(c1n[nH]c2c1COCC2)N1CC[C@@]23OC[C@@H](c4ccccc4)N2C(=O)C[C@@H]13. The van der Waals surface area contributed by atoms with E-state index in [4.69, 9.17) is 9.47 Å². The van der Waals surface area contributed by atoms with E-state index in [0.717, 1.165) is 23.2 Å². The molecule has 5 heterocycles. The van der Waals surface area contributed by atoms with Crippen molar-refractivity contribution < 1.29 is 19.1 Å². The van der Waals surface area contributed by atoms with Gasteiger partial charge in [-0.2, -0.15) is 5.10 Å². The summed E-state index contributed by atoms with van der Waals surface area (Å²) in [4.78, 5) is 30.1. The maximum absolute atomic E-state index is 13.4. The van der Waals surface area contributed by atoms with E-state index in [1.165, 1.54) is 0 Å². The van der Waals surface area contributed by atoms with Crippen LogP contribution in [0.25, 0.3) is 0 Å². The molecule has 3 fully saturated rings. The third kappa shape index (κ3) is 2.30. The number of nitrogens with zero attached hydrogens (tertiary/aromatic N) is 3. The van der Waals surface area contributed by atoms with Gasteiger partial charge in [0.25, 0.3) is 5.91 Å². The highest BCUT2D eigenvalue weighted by Crippen LogP contribution is 2.51. The van der Waals surface area contributed by atoms with E-state index in [1.54, 1.807) is 4.90 Å². The minimum Gasteiger partial charge on any atom is -0.376 e. The highest BCUT2D eigenvalue weighted by molar-refractivity contribution is 5.95. The van der Waals surface area contributed by atoms with Crippen LogP contribution in [0.3, 0.4) is 0 Å². The topological polar surface area (TPSA) is 87.8 Å². The van der Waals surface area contributed by atoms with E-state index in [2.05, 4.69) is 10.2 Å². The second-order valence-electron chi connectivity index (χ2n) is 8.15. The van der Waals surface area contributed by atoms with Crippen molar-refractivity contribution in [2.45, 2.75) is 43.7 Å². The summed E-state index contributed by atoms with van der Waals surface area (Å²) in [5.41, 5.74) is 2.58. The van der Waals surface area contributed by atoms with Gasteiger partial charge >= 0.3 is 0 Å². The normalized spacial score (nSPS) is 30.4. The van der Waals surface area contributed by atoms with E-state index < -0.39 is 5.72 Å². The number of amides is 2. The Balaban J connectivity index is 1.32. The van der Waals surface area contributed by atoms with Gasteiger partial charge in [0.2, 0.25) is 5.91 Å². The predicted molar refractivity (Wildman–Crippen MR) is 101 cm³/mol. The molecule has 150 valence electrons. The van der Waals surface area contributed by atoms with Crippen molar-refractivity contribution in [3.05, 3.63) is 52.8 Å². The van der Waals surface area contributed by atoms with E-state index in [0.29, 0.717) is 38.5 Å². The highest BCUT2D eigenvalue weighted by atomic mass is 16.5. The largest absolute Gasteiger partial charge is 0.376 e. The van der Waals surface area contributed by atoms with Gasteiger partial charge in [-0.25, -0.2) is 0 Å². The molecule has 0 aliphatic carbocycles. The first kappa shape index (κ1) is 17.2. The summed E-state index contributed by atoms with van der Waals surface area (Å²) < 4.78 is 11.8. The summed E-state index contributed by atoms with van der Waals surface area (Å²) >= 11 is 0. The van der Waals surface area contributed by atoms with Gasteiger partial charge < -0.3 is 19.3 Å². The fourth-order valence-electron chi connectivity index (χ4n) is 5.43. The van der Waals surface area contributed by atoms with Gasteiger partial charge in [0.15, 0.2) is 11.4 Å². The van der Waals surface area contributed by atoms with Gasteiger partial charge in [-0.05, 0) is 5.56 Å². The van der Waals surface area contributed by atoms with Gasteiger partial charge in [0.1, 0.15) is 0 Å². The van der Waals surface area contributed by atoms with Crippen molar-refractivity contribution in [3.63, 3.8) is 0 Å². The molecule has 1 aromatic carbocycles. The molecule has 29 heavy (non-hydrogen) atoms. The van der Waals surface area contributed by atoms with Gasteiger partial charge in [-0.1, -0.05) is 30.3 Å². The summed E-state index contributed by atoms with van der Waals surface area (Å²) in [5, 5.41) is 7.27. The molecule has 2 amide bonds. The van der Waals surface area contributed by atoms with Crippen LogP contribution in [-0.4, -0.2) is 63.3 Å². The molecule has 0 unspecified atom stereocenters. The fourth-order valence-corrected chi connectivity index (χ4v) is 5.43. The van der Waals surface area contributed by atoms with Gasteiger partial charge in [-0.15, -0.1) is 0 Å². The lowest BCUT2D eigenvalue weighted by Crippen LogP contribution is -2.49. The molecule has 0 saturated carbocycles. The molecule has 6 rings (SSSR count). The second kappa shape index (κ2) is 6.14. The lowest BCUT2D eigenvalue weighted by molar-refractivity contribution is -0.138. The number of ether oxygens (including phenoxy) is 2. The summed E-state index contributed by atoms with van der Waals surface area (Å²) in [7, 11) is 0. The number of carbonyl (C=O) groups excluding carboxylic acids is 2. The molecule has 8 nitrogen and oxygen atoms in total. The first-order valence-corrected chi connectivity index (χ1v) is 10.1. The number of aromatic nitrogens is 2. The highest BCUT2D eigenvalue weighted by Gasteiger charge is 2.65. The van der Waals surface area contributed by atoms with Crippen molar-refractivity contribution in [2.24, 2.45) is 0 Å². The Labute approximate surface area is 167 Å². The van der Waals surface area contributed by atoms with Crippen LogP contribution < -0.4 is 0 Å². The molecule has 1 spiro atoms. The van der Waals surface area contributed by atoms with E-state index in [9.17, 15) is 9.59 Å². The summed E-state index contributed by atoms with van der Waals surface area (Å²) in [5.74, 6) is -0.0949. The first-order chi connectivity index (χ1) is 14.2. The third-order valence-electron chi connectivity index (χ3n) is 6.80. The summed E-state index contributed by atoms with van der Waals surface area (Å²) in [6.07, 6.45) is 1.65. The number of hydrogen-bond donors (Lipinski definition) is 1.